The molecule has 1 amide bonds. The first kappa shape index (κ1) is 18.5. The van der Waals surface area contributed by atoms with E-state index in [-0.39, 0.29) is 12.5 Å². The molecule has 27 heavy (non-hydrogen) atoms. The summed E-state index contributed by atoms with van der Waals surface area (Å²) < 4.78 is 19.3. The van der Waals surface area contributed by atoms with Crippen LogP contribution in [0.1, 0.15) is 21.5 Å². The van der Waals surface area contributed by atoms with E-state index in [4.69, 9.17) is 16.3 Å². The zero-order valence-corrected chi connectivity index (χ0v) is 14.9. The molecular weight excluding hydrogens is 369 g/mol. The van der Waals surface area contributed by atoms with E-state index < -0.39 is 5.82 Å². The first-order chi connectivity index (χ1) is 13.1. The van der Waals surface area contributed by atoms with Gasteiger partial charge in [0.2, 0.25) is 0 Å². The van der Waals surface area contributed by atoms with Crippen LogP contribution in [0.25, 0.3) is 0 Å². The van der Waals surface area contributed by atoms with Crippen LogP contribution >= 0.6 is 11.6 Å². The maximum atomic E-state index is 13.7. The lowest BCUT2D eigenvalue weighted by atomic mass is 10.2. The van der Waals surface area contributed by atoms with Gasteiger partial charge in [-0.25, -0.2) is 9.82 Å². The molecule has 2 aromatic carbocycles. The minimum Gasteiger partial charge on any atom is -0.489 e. The van der Waals surface area contributed by atoms with Crippen LogP contribution in [0.5, 0.6) is 5.75 Å². The number of carbonyl (C=O) groups is 1. The molecule has 0 fully saturated rings. The molecule has 0 saturated carbocycles. The van der Waals surface area contributed by atoms with Crippen LogP contribution < -0.4 is 10.2 Å². The van der Waals surface area contributed by atoms with Crippen LogP contribution in [-0.4, -0.2) is 17.1 Å². The third-order valence-corrected chi connectivity index (χ3v) is 3.98. The van der Waals surface area contributed by atoms with Crippen molar-refractivity contribution in [3.05, 3.63) is 94.5 Å². The third-order valence-electron chi connectivity index (χ3n) is 3.63. The maximum Gasteiger partial charge on any atom is 0.272 e. The fraction of sp³-hybridized carbons (Fsp3) is 0.0500. The Bertz CT molecular complexity index is 927. The zero-order valence-electron chi connectivity index (χ0n) is 14.1. The Hall–Kier alpha value is -3.25. The fourth-order valence-electron chi connectivity index (χ4n) is 2.20. The Morgan fingerprint density at radius 2 is 2.00 bits per heavy atom. The van der Waals surface area contributed by atoms with E-state index in [1.54, 1.807) is 54.7 Å². The Morgan fingerprint density at radius 1 is 1.19 bits per heavy atom. The highest BCUT2D eigenvalue weighted by Gasteiger charge is 2.07. The third kappa shape index (κ3) is 5.12. The van der Waals surface area contributed by atoms with Gasteiger partial charge in [-0.2, -0.15) is 5.10 Å². The Balaban J connectivity index is 1.55. The Morgan fingerprint density at radius 3 is 2.70 bits per heavy atom. The first-order valence-electron chi connectivity index (χ1n) is 8.02. The predicted molar refractivity (Wildman–Crippen MR) is 101 cm³/mol. The summed E-state index contributed by atoms with van der Waals surface area (Å²) in [6, 6.07) is 14.8. The normalized spacial score (nSPS) is 10.7. The number of ether oxygens (including phenoxy) is 1. The highest BCUT2D eigenvalue weighted by Crippen LogP contribution is 2.21. The van der Waals surface area contributed by atoms with Crippen molar-refractivity contribution in [1.29, 1.82) is 0 Å². The molecule has 0 radical (unpaired) electrons. The van der Waals surface area contributed by atoms with Crippen molar-refractivity contribution in [2.45, 2.75) is 6.61 Å². The molecule has 0 aliphatic heterocycles. The molecule has 7 heteroatoms. The summed E-state index contributed by atoms with van der Waals surface area (Å²) in [5.74, 6) is -0.192. The minimum atomic E-state index is -0.407. The van der Waals surface area contributed by atoms with Crippen LogP contribution in [0.3, 0.4) is 0 Å². The molecule has 3 aromatic rings. The number of hydrogen-bond acceptors (Lipinski definition) is 4. The first-order valence-corrected chi connectivity index (χ1v) is 8.40. The molecule has 5 nitrogen and oxygen atoms in total. The lowest BCUT2D eigenvalue weighted by Crippen LogP contribution is -2.17. The van der Waals surface area contributed by atoms with Crippen molar-refractivity contribution in [2.24, 2.45) is 5.10 Å². The van der Waals surface area contributed by atoms with E-state index in [1.807, 2.05) is 0 Å². The molecule has 1 heterocycles. The number of amides is 1. The number of rotatable bonds is 6. The van der Waals surface area contributed by atoms with Gasteiger partial charge in [-0.05, 0) is 54.1 Å². The highest BCUT2D eigenvalue weighted by atomic mass is 35.5. The lowest BCUT2D eigenvalue weighted by Gasteiger charge is -2.08. The monoisotopic (exact) mass is 383 g/mol. The van der Waals surface area contributed by atoms with Crippen molar-refractivity contribution in [1.82, 2.24) is 10.4 Å². The molecule has 0 spiro atoms. The van der Waals surface area contributed by atoms with Crippen LogP contribution in [-0.2, 0) is 6.61 Å². The smallest absolute Gasteiger partial charge is 0.272 e. The van der Waals surface area contributed by atoms with Gasteiger partial charge in [0.25, 0.3) is 5.91 Å². The standard InChI is InChI=1S/C20H15ClFN3O2/c21-18-4-1-5-19(22)17(18)13-27-16-8-6-14(7-9-16)11-24-25-20(26)15-3-2-10-23-12-15/h1-12H,13H2,(H,25,26). The van der Waals surface area contributed by atoms with Gasteiger partial charge < -0.3 is 4.74 Å². The largest absolute Gasteiger partial charge is 0.489 e. The fourth-order valence-corrected chi connectivity index (χ4v) is 2.42. The predicted octanol–water partition coefficient (Wildman–Crippen LogP) is 4.22. The number of halogens is 2. The molecule has 0 atom stereocenters. The number of carbonyl (C=O) groups excluding carboxylic acids is 1. The topological polar surface area (TPSA) is 63.6 Å². The summed E-state index contributed by atoms with van der Waals surface area (Å²) >= 11 is 5.97. The minimum absolute atomic E-state index is 0.0279. The SMILES string of the molecule is O=C(NN=Cc1ccc(OCc2c(F)cccc2Cl)cc1)c1cccnc1. The van der Waals surface area contributed by atoms with E-state index in [9.17, 15) is 9.18 Å². The second-order valence-corrected chi connectivity index (χ2v) is 5.91. The number of hydrogen-bond donors (Lipinski definition) is 1. The molecule has 0 bridgehead atoms. The quantitative estimate of drug-likeness (QED) is 0.512. The number of pyridine rings is 1. The van der Waals surface area contributed by atoms with Crippen molar-refractivity contribution in [2.75, 3.05) is 0 Å². The second kappa shape index (κ2) is 8.91. The van der Waals surface area contributed by atoms with Crippen LogP contribution in [0.4, 0.5) is 4.39 Å². The van der Waals surface area contributed by atoms with Crippen molar-refractivity contribution >= 4 is 23.7 Å². The molecule has 1 N–H and O–H groups in total. The Kier molecular flexibility index (Phi) is 6.12. The summed E-state index contributed by atoms with van der Waals surface area (Å²) in [5, 5.41) is 4.23. The average Bonchev–Trinajstić information content (AvgIpc) is 2.69. The maximum absolute atomic E-state index is 13.7. The van der Waals surface area contributed by atoms with Gasteiger partial charge in [0.1, 0.15) is 18.2 Å². The molecule has 0 aliphatic rings. The van der Waals surface area contributed by atoms with E-state index in [0.717, 1.165) is 5.56 Å². The molecular formula is C20H15ClFN3O2. The van der Waals surface area contributed by atoms with Gasteiger partial charge in [0.15, 0.2) is 0 Å². The zero-order chi connectivity index (χ0) is 19.1. The molecule has 0 aliphatic carbocycles. The Labute approximate surface area is 160 Å². The van der Waals surface area contributed by atoms with Gasteiger partial charge in [0.05, 0.1) is 16.8 Å². The summed E-state index contributed by atoms with van der Waals surface area (Å²) in [4.78, 5) is 15.7. The number of nitrogens with zero attached hydrogens (tertiary/aromatic N) is 2. The van der Waals surface area contributed by atoms with Gasteiger partial charge in [-0.3, -0.25) is 9.78 Å². The van der Waals surface area contributed by atoms with Crippen LogP contribution in [0, 0.1) is 5.82 Å². The van der Waals surface area contributed by atoms with Gasteiger partial charge >= 0.3 is 0 Å². The number of nitrogens with one attached hydrogen (secondary N) is 1. The number of hydrazone groups is 1. The number of benzene rings is 2. The highest BCUT2D eigenvalue weighted by molar-refractivity contribution is 6.31. The molecule has 0 unspecified atom stereocenters. The van der Waals surface area contributed by atoms with E-state index in [1.165, 1.54) is 18.5 Å². The molecule has 3 rings (SSSR count). The lowest BCUT2D eigenvalue weighted by molar-refractivity contribution is 0.0955. The second-order valence-electron chi connectivity index (χ2n) is 5.50. The van der Waals surface area contributed by atoms with Gasteiger partial charge in [-0.1, -0.05) is 17.7 Å². The summed E-state index contributed by atoms with van der Waals surface area (Å²) in [5.41, 5.74) is 3.92. The molecule has 1 aromatic heterocycles. The summed E-state index contributed by atoms with van der Waals surface area (Å²) in [6.45, 7) is 0.0279. The van der Waals surface area contributed by atoms with Crippen molar-refractivity contribution in [3.63, 3.8) is 0 Å². The van der Waals surface area contributed by atoms with E-state index >= 15 is 0 Å². The molecule has 136 valence electrons. The van der Waals surface area contributed by atoms with Crippen LogP contribution in [0.15, 0.2) is 72.1 Å². The summed E-state index contributed by atoms with van der Waals surface area (Å²) in [7, 11) is 0. The van der Waals surface area contributed by atoms with Crippen molar-refractivity contribution in [3.8, 4) is 5.75 Å². The molecule has 0 saturated heterocycles. The summed E-state index contributed by atoms with van der Waals surface area (Å²) in [6.07, 6.45) is 4.55. The van der Waals surface area contributed by atoms with Crippen LogP contribution in [0.2, 0.25) is 5.02 Å². The van der Waals surface area contributed by atoms with E-state index in [0.29, 0.717) is 21.9 Å². The van der Waals surface area contributed by atoms with Crippen molar-refractivity contribution < 1.29 is 13.9 Å². The number of aromatic nitrogens is 1. The van der Waals surface area contributed by atoms with E-state index in [2.05, 4.69) is 15.5 Å². The van der Waals surface area contributed by atoms with Gasteiger partial charge in [-0.15, -0.1) is 0 Å². The average molecular weight is 384 g/mol. The van der Waals surface area contributed by atoms with Gasteiger partial charge in [0, 0.05) is 18.0 Å².